The van der Waals surface area contributed by atoms with E-state index < -0.39 is 56.7 Å². The summed E-state index contributed by atoms with van der Waals surface area (Å²) in [4.78, 5) is 4.55. The SMILES string of the molecule is [2H]C([2H])([2H])c1c[n+](C)c(-c2c(C)ccc3c2oc2c4c(cnc23)C(C([2H])([2H])[2H])(C([2H])([2H])[2H])c2ccccc2-4)cc1C([2H])(C([2H])([2H])[2H])C([2H])([2H])[2H]. The Balaban J connectivity index is 1.76. The standard InChI is InChI=1S/C31H31N2O/c1-17(2)22-14-25(33(7)16-19(22)4)26-18(3)12-13-21-28-30(34-29(21)26)27-20-10-8-9-11-23(20)31(5,6)24(27)15-32-28/h8-17H,1-7H3/q+1/i1D3,2D3,4D3,5D3,6D3,17D. The molecule has 0 bridgehead atoms. The maximum Gasteiger partial charge on any atom is 0.216 e. The smallest absolute Gasteiger partial charge is 0.216 e. The van der Waals surface area contributed by atoms with Crippen molar-refractivity contribution in [2.24, 2.45) is 7.05 Å². The fourth-order valence-electron chi connectivity index (χ4n) is 5.01. The molecule has 0 spiro atoms. The van der Waals surface area contributed by atoms with Gasteiger partial charge in [0, 0.05) is 56.1 Å². The van der Waals surface area contributed by atoms with Crippen molar-refractivity contribution in [3.63, 3.8) is 0 Å². The van der Waals surface area contributed by atoms with Gasteiger partial charge in [0.2, 0.25) is 5.69 Å². The first-order chi connectivity index (χ1) is 22.7. The van der Waals surface area contributed by atoms with Crippen LogP contribution in [0.15, 0.2) is 59.3 Å². The van der Waals surface area contributed by atoms with Crippen LogP contribution in [0.4, 0.5) is 0 Å². The third-order valence-corrected chi connectivity index (χ3v) is 6.66. The first-order valence-corrected chi connectivity index (χ1v) is 10.7. The summed E-state index contributed by atoms with van der Waals surface area (Å²) in [5, 5.41) is 0.409. The first-order valence-electron chi connectivity index (χ1n) is 18.7. The normalized spacial score (nSPS) is 23.4. The lowest BCUT2D eigenvalue weighted by Crippen LogP contribution is -2.32. The average molecular weight is 464 g/mol. The Bertz CT molecular complexity index is 2170. The number of benzene rings is 2. The molecule has 0 saturated heterocycles. The van der Waals surface area contributed by atoms with Gasteiger partial charge in [0.05, 0.1) is 5.56 Å². The van der Waals surface area contributed by atoms with Gasteiger partial charge >= 0.3 is 0 Å². The lowest BCUT2D eigenvalue weighted by Gasteiger charge is -2.20. The minimum atomic E-state index is -3.48. The third kappa shape index (κ3) is 2.70. The fraction of sp³-hybridized carbons (Fsp3) is 0.290. The molecule has 170 valence electrons. The van der Waals surface area contributed by atoms with Gasteiger partial charge in [-0.05, 0) is 53.6 Å². The Labute approximate surface area is 223 Å². The summed E-state index contributed by atoms with van der Waals surface area (Å²) in [5.41, 5.74) is -1.75. The van der Waals surface area contributed by atoms with Crippen molar-refractivity contribution in [3.8, 4) is 22.4 Å². The first kappa shape index (κ1) is 10.0. The highest BCUT2D eigenvalue weighted by atomic mass is 16.3. The zero-order valence-electron chi connectivity index (χ0n) is 34.5. The van der Waals surface area contributed by atoms with Crippen molar-refractivity contribution in [3.05, 3.63) is 82.7 Å². The highest BCUT2D eigenvalue weighted by Gasteiger charge is 2.38. The van der Waals surface area contributed by atoms with E-state index in [-0.39, 0.29) is 44.6 Å². The van der Waals surface area contributed by atoms with Gasteiger partial charge < -0.3 is 4.42 Å². The molecule has 0 N–H and O–H groups in total. The van der Waals surface area contributed by atoms with Gasteiger partial charge in [0.1, 0.15) is 12.6 Å². The van der Waals surface area contributed by atoms with Crippen LogP contribution in [0.1, 0.15) is 83.1 Å². The van der Waals surface area contributed by atoms with Gasteiger partial charge in [0.25, 0.3) is 0 Å². The van der Waals surface area contributed by atoms with Crippen molar-refractivity contribution < 1.29 is 30.9 Å². The van der Waals surface area contributed by atoms with Crippen molar-refractivity contribution in [2.75, 3.05) is 0 Å². The number of rotatable bonds is 2. The second-order valence-corrected chi connectivity index (χ2v) is 8.73. The van der Waals surface area contributed by atoms with Gasteiger partial charge in [-0.2, -0.15) is 0 Å². The Morgan fingerprint density at radius 3 is 2.68 bits per heavy atom. The molecule has 3 nitrogen and oxygen atoms in total. The quantitative estimate of drug-likeness (QED) is 0.253. The number of hydrogen-bond donors (Lipinski definition) is 0. The van der Waals surface area contributed by atoms with E-state index in [0.29, 0.717) is 16.5 Å². The van der Waals surface area contributed by atoms with E-state index in [4.69, 9.17) is 26.3 Å². The Morgan fingerprint density at radius 2 is 1.88 bits per heavy atom. The summed E-state index contributed by atoms with van der Waals surface area (Å²) in [5.74, 6) is -3.34. The van der Waals surface area contributed by atoms with Gasteiger partial charge in [-0.15, -0.1) is 0 Å². The summed E-state index contributed by atoms with van der Waals surface area (Å²) in [7, 11) is 1.48. The zero-order valence-corrected chi connectivity index (χ0v) is 18.5. The molecule has 0 saturated carbocycles. The highest BCUT2D eigenvalue weighted by molar-refractivity contribution is 6.12. The maximum absolute atomic E-state index is 8.90. The van der Waals surface area contributed by atoms with Gasteiger partial charge in [-0.25, -0.2) is 4.57 Å². The Kier molecular flexibility index (Phi) is 2.07. The van der Waals surface area contributed by atoms with Crippen molar-refractivity contribution >= 4 is 22.1 Å². The summed E-state index contributed by atoms with van der Waals surface area (Å²) < 4.78 is 141. The zero-order chi connectivity index (χ0) is 37.4. The predicted molar refractivity (Wildman–Crippen MR) is 139 cm³/mol. The summed E-state index contributed by atoms with van der Waals surface area (Å²) in [6.07, 6.45) is 2.34. The van der Waals surface area contributed by atoms with E-state index in [2.05, 4.69) is 4.98 Å². The second-order valence-electron chi connectivity index (χ2n) is 8.73. The molecule has 34 heavy (non-hydrogen) atoms. The predicted octanol–water partition coefficient (Wildman–Crippen LogP) is 7.52. The van der Waals surface area contributed by atoms with Gasteiger partial charge in [0.15, 0.2) is 17.4 Å². The van der Waals surface area contributed by atoms with E-state index in [9.17, 15) is 0 Å². The van der Waals surface area contributed by atoms with Crippen molar-refractivity contribution in [2.45, 2.75) is 52.5 Å². The molecule has 0 amide bonds. The van der Waals surface area contributed by atoms with Crippen LogP contribution in [-0.2, 0) is 12.5 Å². The molecule has 3 heterocycles. The van der Waals surface area contributed by atoms with Crippen LogP contribution in [-0.4, -0.2) is 4.98 Å². The molecular weight excluding hydrogens is 416 g/mol. The van der Waals surface area contributed by atoms with Crippen molar-refractivity contribution in [1.29, 1.82) is 0 Å². The molecule has 0 fully saturated rings. The second kappa shape index (κ2) is 7.02. The molecular formula is C31H31N2O+. The monoisotopic (exact) mass is 463 g/mol. The van der Waals surface area contributed by atoms with E-state index in [1.807, 2.05) is 0 Å². The van der Waals surface area contributed by atoms with E-state index in [0.717, 1.165) is 12.3 Å². The molecule has 1 aliphatic carbocycles. The van der Waals surface area contributed by atoms with Crippen LogP contribution < -0.4 is 4.57 Å². The Hall–Kier alpha value is -3.46. The lowest BCUT2D eigenvalue weighted by atomic mass is 9.83. The average Bonchev–Trinajstić information content (AvgIpc) is 3.48. The highest BCUT2D eigenvalue weighted by Crippen LogP contribution is 2.52. The van der Waals surface area contributed by atoms with Crippen LogP contribution in [0.5, 0.6) is 0 Å². The van der Waals surface area contributed by atoms with Crippen LogP contribution in [0.25, 0.3) is 44.5 Å². The van der Waals surface area contributed by atoms with Crippen molar-refractivity contribution in [1.82, 2.24) is 4.98 Å². The number of hydrogen-bond acceptors (Lipinski definition) is 2. The van der Waals surface area contributed by atoms with Crippen LogP contribution in [0.3, 0.4) is 0 Å². The largest absolute Gasteiger partial charge is 0.453 e. The number of fused-ring (bicyclic) bond motifs is 7. The summed E-state index contributed by atoms with van der Waals surface area (Å²) >= 11 is 0. The molecule has 2 aromatic carbocycles. The number of aryl methyl sites for hydroxylation is 3. The molecule has 1 aliphatic rings. The summed E-state index contributed by atoms with van der Waals surface area (Å²) in [6.45, 7) is -14.3. The third-order valence-electron chi connectivity index (χ3n) is 6.66. The van der Waals surface area contributed by atoms with Gasteiger partial charge in [-0.1, -0.05) is 57.7 Å². The Morgan fingerprint density at radius 1 is 1.03 bits per heavy atom. The molecule has 6 rings (SSSR count). The molecule has 3 heteroatoms. The van der Waals surface area contributed by atoms with Crippen LogP contribution in [0.2, 0.25) is 0 Å². The molecule has 0 atom stereocenters. The summed E-state index contributed by atoms with van der Waals surface area (Å²) in [6, 6.07) is 10.8. The lowest BCUT2D eigenvalue weighted by molar-refractivity contribution is -0.660. The topological polar surface area (TPSA) is 29.9 Å². The van der Waals surface area contributed by atoms with E-state index in [1.165, 1.54) is 23.9 Å². The maximum atomic E-state index is 8.90. The fourth-order valence-corrected chi connectivity index (χ4v) is 5.01. The van der Waals surface area contributed by atoms with Gasteiger partial charge in [-0.3, -0.25) is 4.98 Å². The number of furan rings is 1. The number of nitrogens with zero attached hydrogens (tertiary/aromatic N) is 2. The van der Waals surface area contributed by atoms with E-state index >= 15 is 0 Å². The molecule has 5 aromatic rings. The minimum absolute atomic E-state index is 0.0623. The van der Waals surface area contributed by atoms with Crippen LogP contribution in [0, 0.1) is 13.8 Å². The number of pyridine rings is 2. The molecule has 0 radical (unpaired) electrons. The molecule has 3 aromatic heterocycles. The number of aromatic nitrogens is 2. The van der Waals surface area contributed by atoms with E-state index in [1.54, 1.807) is 37.3 Å². The van der Waals surface area contributed by atoms with Crippen LogP contribution >= 0.6 is 0 Å². The molecule has 0 aliphatic heterocycles. The minimum Gasteiger partial charge on any atom is -0.453 e. The molecule has 0 unspecified atom stereocenters.